The number of nitrogens with two attached hydrogens (primary N) is 1. The molecule has 1 aromatic rings. The van der Waals surface area contributed by atoms with Crippen LogP contribution in [0.15, 0.2) is 11.0 Å². The molecule has 5 atom stereocenters. The highest BCUT2D eigenvalue weighted by atomic mass is 31.3. The van der Waals surface area contributed by atoms with E-state index < -0.39 is 60.8 Å². The van der Waals surface area contributed by atoms with Gasteiger partial charge in [0.2, 0.25) is 0 Å². The number of anilines is 1. The summed E-state index contributed by atoms with van der Waals surface area (Å²) in [4.78, 5) is 50.8. The number of hydrogen-bond acceptors (Lipinski definition) is 12. The number of aromatic nitrogens is 2. The number of hydrogen-bond donors (Lipinski definition) is 7. The molecule has 0 bridgehead atoms. The summed E-state index contributed by atoms with van der Waals surface area (Å²) in [6, 6.07) is 0. The maximum absolute atomic E-state index is 12.0. The third-order valence-corrected chi connectivity index (χ3v) is 7.37. The van der Waals surface area contributed by atoms with Crippen molar-refractivity contribution in [2.24, 2.45) is 0 Å². The fourth-order valence-corrected chi connectivity index (χ4v) is 5.39. The molecule has 0 saturated carbocycles. The van der Waals surface area contributed by atoms with Crippen LogP contribution in [0, 0.1) is 0 Å². The van der Waals surface area contributed by atoms with Gasteiger partial charge in [0.1, 0.15) is 18.1 Å². The van der Waals surface area contributed by atoms with Crippen LogP contribution in [-0.2, 0) is 38.2 Å². The number of ether oxygens (including phenoxy) is 1. The van der Waals surface area contributed by atoms with Crippen molar-refractivity contribution in [2.45, 2.75) is 31.5 Å². The van der Waals surface area contributed by atoms with Crippen molar-refractivity contribution < 1.29 is 61.4 Å². The highest BCUT2D eigenvalue weighted by Gasteiger charge is 2.43. The van der Waals surface area contributed by atoms with E-state index in [9.17, 15) is 33.6 Å². The Balaban J connectivity index is 2.04. The molecule has 172 valence electrons. The maximum atomic E-state index is 12.0. The molecule has 2 heterocycles. The molecule has 1 saturated heterocycles. The van der Waals surface area contributed by atoms with E-state index >= 15 is 0 Å². The Labute approximate surface area is 167 Å². The van der Waals surface area contributed by atoms with Crippen LogP contribution in [0.5, 0.6) is 0 Å². The SMILES string of the molecule is Nc1nc(=O)n([C@H]2C[C@@H](O)[C@@H](COP(=O)(O)OP(=O)(O)OP(=O)(O)O)O2)cc1CO. The smallest absolute Gasteiger partial charge is 0.391 e. The molecule has 2 rings (SSSR count). The summed E-state index contributed by atoms with van der Waals surface area (Å²) in [7, 11) is -16.6. The number of nitrogens with zero attached hydrogens (tertiary/aromatic N) is 2. The zero-order valence-electron chi connectivity index (χ0n) is 14.7. The summed E-state index contributed by atoms with van der Waals surface area (Å²) in [5, 5.41) is 19.2. The van der Waals surface area contributed by atoms with E-state index in [1.54, 1.807) is 0 Å². The molecular formula is C10H18N3O14P3. The Morgan fingerprint density at radius 3 is 2.40 bits per heavy atom. The van der Waals surface area contributed by atoms with Gasteiger partial charge in [-0.25, -0.2) is 18.5 Å². The average Bonchev–Trinajstić information content (AvgIpc) is 2.90. The standard InChI is InChI=1S/C10H18N3O14P3/c11-9-5(3-14)2-13(10(16)12-9)8-1-6(15)7(25-8)4-24-29(20,21)27-30(22,23)26-28(17,18)19/h2,6-8,14-15H,1,3-4H2,(H,20,21)(H,22,23)(H2,11,12,16)(H2,17,18,19)/t6-,7-,8-/m1/s1. The van der Waals surface area contributed by atoms with Crippen molar-refractivity contribution in [1.29, 1.82) is 0 Å². The summed E-state index contributed by atoms with van der Waals surface area (Å²) < 4.78 is 51.3. The van der Waals surface area contributed by atoms with Crippen molar-refractivity contribution >= 4 is 29.3 Å². The van der Waals surface area contributed by atoms with Gasteiger partial charge in [-0.05, 0) is 0 Å². The lowest BCUT2D eigenvalue weighted by Gasteiger charge is -2.19. The van der Waals surface area contributed by atoms with Crippen LogP contribution < -0.4 is 11.4 Å². The first kappa shape index (κ1) is 25.2. The predicted octanol–water partition coefficient (Wildman–Crippen LogP) is -1.69. The molecular weight excluding hydrogens is 479 g/mol. The lowest BCUT2D eigenvalue weighted by atomic mass is 10.2. The number of aliphatic hydroxyl groups is 2. The van der Waals surface area contributed by atoms with E-state index in [4.69, 9.17) is 25.2 Å². The molecule has 0 radical (unpaired) electrons. The Morgan fingerprint density at radius 1 is 1.20 bits per heavy atom. The molecule has 0 amide bonds. The molecule has 30 heavy (non-hydrogen) atoms. The lowest BCUT2D eigenvalue weighted by Crippen LogP contribution is -2.29. The second-order valence-corrected chi connectivity index (χ2v) is 10.2. The van der Waals surface area contributed by atoms with Crippen LogP contribution in [-0.4, -0.2) is 58.2 Å². The molecule has 0 spiro atoms. The monoisotopic (exact) mass is 497 g/mol. The van der Waals surface area contributed by atoms with Crippen molar-refractivity contribution in [3.63, 3.8) is 0 Å². The van der Waals surface area contributed by atoms with Crippen LogP contribution in [0.25, 0.3) is 0 Å². The van der Waals surface area contributed by atoms with Crippen molar-refractivity contribution in [1.82, 2.24) is 9.55 Å². The minimum absolute atomic E-state index is 0.101. The molecule has 1 fully saturated rings. The van der Waals surface area contributed by atoms with E-state index in [1.807, 2.05) is 0 Å². The van der Waals surface area contributed by atoms with Crippen LogP contribution in [0.3, 0.4) is 0 Å². The molecule has 1 aliphatic heterocycles. The van der Waals surface area contributed by atoms with Gasteiger partial charge in [0.25, 0.3) is 0 Å². The summed E-state index contributed by atoms with van der Waals surface area (Å²) in [5.41, 5.74) is 4.70. The van der Waals surface area contributed by atoms with Crippen LogP contribution in [0.1, 0.15) is 18.2 Å². The number of phosphoric ester groups is 1. The van der Waals surface area contributed by atoms with Crippen LogP contribution in [0.2, 0.25) is 0 Å². The third-order valence-electron chi connectivity index (χ3n) is 3.56. The number of nitrogen functional groups attached to an aromatic ring is 1. The molecule has 17 nitrogen and oxygen atoms in total. The first-order valence-electron chi connectivity index (χ1n) is 7.73. The molecule has 8 N–H and O–H groups in total. The number of rotatable bonds is 9. The average molecular weight is 497 g/mol. The highest BCUT2D eigenvalue weighted by Crippen LogP contribution is 2.66. The largest absolute Gasteiger partial charge is 0.490 e. The zero-order valence-corrected chi connectivity index (χ0v) is 17.4. The third kappa shape index (κ3) is 7.00. The van der Waals surface area contributed by atoms with Gasteiger partial charge in [0, 0.05) is 18.2 Å². The van der Waals surface area contributed by atoms with Gasteiger partial charge in [-0.2, -0.15) is 13.6 Å². The van der Waals surface area contributed by atoms with E-state index in [1.165, 1.54) is 0 Å². The van der Waals surface area contributed by atoms with Crippen LogP contribution in [0.4, 0.5) is 5.82 Å². The topological polar surface area (TPSA) is 270 Å². The summed E-state index contributed by atoms with van der Waals surface area (Å²) in [6.45, 7) is -1.44. The number of aliphatic hydroxyl groups excluding tert-OH is 2. The Kier molecular flexibility index (Phi) is 7.76. The van der Waals surface area contributed by atoms with Crippen molar-refractivity contribution in [2.75, 3.05) is 12.3 Å². The molecule has 1 aromatic heterocycles. The van der Waals surface area contributed by atoms with Gasteiger partial charge in [-0.1, -0.05) is 0 Å². The molecule has 2 unspecified atom stereocenters. The second kappa shape index (κ2) is 9.22. The Morgan fingerprint density at radius 2 is 1.83 bits per heavy atom. The minimum Gasteiger partial charge on any atom is -0.391 e. The second-order valence-electron chi connectivity index (χ2n) is 5.82. The Hall–Kier alpha value is -1.03. The summed E-state index contributed by atoms with van der Waals surface area (Å²) in [6.07, 6.45) is -2.86. The first-order chi connectivity index (χ1) is 13.6. The van der Waals surface area contributed by atoms with E-state index in [-0.39, 0.29) is 17.8 Å². The van der Waals surface area contributed by atoms with E-state index in [0.29, 0.717) is 0 Å². The maximum Gasteiger partial charge on any atom is 0.490 e. The quantitative estimate of drug-likeness (QED) is 0.187. The molecule has 0 aliphatic carbocycles. The first-order valence-corrected chi connectivity index (χ1v) is 12.2. The predicted molar refractivity (Wildman–Crippen MR) is 93.2 cm³/mol. The fraction of sp³-hybridized carbons (Fsp3) is 0.600. The van der Waals surface area contributed by atoms with Crippen molar-refractivity contribution in [3.05, 3.63) is 22.2 Å². The van der Waals surface area contributed by atoms with Gasteiger partial charge in [-0.15, -0.1) is 0 Å². The molecule has 1 aliphatic rings. The molecule has 20 heteroatoms. The Bertz CT molecular complexity index is 976. The zero-order chi connectivity index (χ0) is 22.9. The van der Waals surface area contributed by atoms with E-state index in [0.717, 1.165) is 10.8 Å². The fourth-order valence-electron chi connectivity index (χ4n) is 2.36. The van der Waals surface area contributed by atoms with Gasteiger partial charge in [0.05, 0.1) is 19.3 Å². The van der Waals surface area contributed by atoms with Gasteiger partial charge < -0.3 is 40.3 Å². The van der Waals surface area contributed by atoms with Crippen LogP contribution >= 0.6 is 23.5 Å². The van der Waals surface area contributed by atoms with E-state index in [2.05, 4.69) is 18.1 Å². The number of phosphoric acid groups is 3. The van der Waals surface area contributed by atoms with Gasteiger partial charge >= 0.3 is 29.2 Å². The summed E-state index contributed by atoms with van der Waals surface area (Å²) in [5.74, 6) is -0.207. The lowest BCUT2D eigenvalue weighted by molar-refractivity contribution is -0.0450. The van der Waals surface area contributed by atoms with Gasteiger partial charge in [-0.3, -0.25) is 9.09 Å². The summed E-state index contributed by atoms with van der Waals surface area (Å²) >= 11 is 0. The minimum atomic E-state index is -5.69. The van der Waals surface area contributed by atoms with Crippen molar-refractivity contribution in [3.8, 4) is 0 Å². The normalized spacial score (nSPS) is 26.3. The molecule has 0 aromatic carbocycles. The highest BCUT2D eigenvalue weighted by molar-refractivity contribution is 7.66. The van der Waals surface area contributed by atoms with Gasteiger partial charge in [0.15, 0.2) is 0 Å².